The highest BCUT2D eigenvalue weighted by molar-refractivity contribution is 8.01. The molecule has 1 fully saturated rings. The molecular formula is C9H13N3OS2. The number of rotatable bonds is 3. The van der Waals surface area contributed by atoms with Crippen molar-refractivity contribution in [3.05, 3.63) is 11.7 Å². The molecule has 1 aliphatic rings. The average molecular weight is 243 g/mol. The fourth-order valence-electron chi connectivity index (χ4n) is 1.41. The summed E-state index contributed by atoms with van der Waals surface area (Å²) < 4.78 is 1.11. The number of piperazine rings is 1. The molecule has 6 heteroatoms. The van der Waals surface area contributed by atoms with Gasteiger partial charge < -0.3 is 10.2 Å². The van der Waals surface area contributed by atoms with Gasteiger partial charge in [-0.05, 0) is 0 Å². The first kappa shape index (κ1) is 10.9. The lowest BCUT2D eigenvalue weighted by Gasteiger charge is -2.27. The molecule has 0 bridgehead atoms. The van der Waals surface area contributed by atoms with E-state index in [2.05, 4.69) is 10.3 Å². The fourth-order valence-corrected chi connectivity index (χ4v) is 2.92. The van der Waals surface area contributed by atoms with E-state index in [1.165, 1.54) is 0 Å². The van der Waals surface area contributed by atoms with E-state index in [0.29, 0.717) is 5.75 Å². The van der Waals surface area contributed by atoms with Gasteiger partial charge in [0.2, 0.25) is 5.91 Å². The van der Waals surface area contributed by atoms with Gasteiger partial charge in [0.25, 0.3) is 0 Å². The van der Waals surface area contributed by atoms with Crippen molar-refractivity contribution in [3.8, 4) is 0 Å². The first-order valence-electron chi connectivity index (χ1n) is 4.86. The van der Waals surface area contributed by atoms with Crippen molar-refractivity contribution in [2.45, 2.75) is 4.21 Å². The molecule has 0 saturated carbocycles. The predicted molar refractivity (Wildman–Crippen MR) is 62.3 cm³/mol. The summed E-state index contributed by atoms with van der Waals surface area (Å²) in [5, 5.41) is 3.23. The molecule has 0 radical (unpaired) electrons. The Balaban J connectivity index is 1.76. The quantitative estimate of drug-likeness (QED) is 0.793. The zero-order valence-corrected chi connectivity index (χ0v) is 9.94. The summed E-state index contributed by atoms with van der Waals surface area (Å²) in [5.74, 6) is 0.761. The molecule has 0 unspecified atom stereocenters. The zero-order valence-electron chi connectivity index (χ0n) is 8.31. The number of nitrogens with zero attached hydrogens (tertiary/aromatic N) is 2. The van der Waals surface area contributed by atoms with Crippen molar-refractivity contribution in [2.75, 3.05) is 31.9 Å². The van der Waals surface area contributed by atoms with Gasteiger partial charge in [0.1, 0.15) is 0 Å². The van der Waals surface area contributed by atoms with E-state index >= 15 is 0 Å². The predicted octanol–water partition coefficient (Wildman–Crippen LogP) is 0.667. The van der Waals surface area contributed by atoms with Crippen LogP contribution in [0, 0.1) is 0 Å². The van der Waals surface area contributed by atoms with Crippen molar-refractivity contribution in [1.82, 2.24) is 15.2 Å². The number of aromatic nitrogens is 1. The lowest BCUT2D eigenvalue weighted by molar-refractivity contribution is -0.128. The Morgan fingerprint density at radius 1 is 1.60 bits per heavy atom. The monoisotopic (exact) mass is 243 g/mol. The van der Waals surface area contributed by atoms with E-state index in [1.807, 2.05) is 4.90 Å². The van der Waals surface area contributed by atoms with Crippen LogP contribution in [-0.4, -0.2) is 47.7 Å². The van der Waals surface area contributed by atoms with Gasteiger partial charge in [-0.2, -0.15) is 0 Å². The minimum Gasteiger partial charge on any atom is -0.339 e. The Hall–Kier alpha value is -0.590. The van der Waals surface area contributed by atoms with Crippen molar-refractivity contribution < 1.29 is 4.79 Å². The molecule has 0 spiro atoms. The number of carbonyl (C=O) groups excluding carboxylic acids is 1. The second kappa shape index (κ2) is 5.48. The molecule has 0 aromatic carbocycles. The number of hydrogen-bond donors (Lipinski definition) is 1. The molecule has 0 atom stereocenters. The molecule has 1 aromatic heterocycles. The Morgan fingerprint density at radius 2 is 2.40 bits per heavy atom. The highest BCUT2D eigenvalue weighted by Gasteiger charge is 2.16. The number of thiazole rings is 1. The molecule has 82 valence electrons. The second-order valence-electron chi connectivity index (χ2n) is 3.24. The lowest BCUT2D eigenvalue weighted by Crippen LogP contribution is -2.47. The standard InChI is InChI=1S/C9H13N3OS2/c13-8(12-3-1-10-2-4-12)6-14-9-5-11-7-15-9/h5,7,10H,1-4,6H2. The summed E-state index contributed by atoms with van der Waals surface area (Å²) in [6.45, 7) is 3.50. The topological polar surface area (TPSA) is 45.2 Å². The van der Waals surface area contributed by atoms with E-state index in [9.17, 15) is 4.79 Å². The van der Waals surface area contributed by atoms with E-state index in [1.54, 1.807) is 34.8 Å². The Kier molecular flexibility index (Phi) is 3.99. The van der Waals surface area contributed by atoms with Gasteiger partial charge in [-0.15, -0.1) is 23.1 Å². The minimum atomic E-state index is 0.231. The van der Waals surface area contributed by atoms with Gasteiger partial charge in [-0.3, -0.25) is 9.78 Å². The second-order valence-corrected chi connectivity index (χ2v) is 5.40. The number of amides is 1. The lowest BCUT2D eigenvalue weighted by atomic mass is 10.3. The molecule has 2 heterocycles. The number of nitrogens with one attached hydrogen (secondary N) is 1. The molecule has 1 aliphatic heterocycles. The summed E-state index contributed by atoms with van der Waals surface area (Å²) in [4.78, 5) is 17.7. The van der Waals surface area contributed by atoms with E-state index in [-0.39, 0.29) is 5.91 Å². The van der Waals surface area contributed by atoms with Crippen molar-refractivity contribution in [1.29, 1.82) is 0 Å². The molecule has 2 rings (SSSR count). The number of carbonyl (C=O) groups is 1. The SMILES string of the molecule is O=C(CSc1cncs1)N1CCNCC1. The summed E-state index contributed by atoms with van der Waals surface area (Å²) in [7, 11) is 0. The van der Waals surface area contributed by atoms with Crippen LogP contribution in [0.25, 0.3) is 0 Å². The van der Waals surface area contributed by atoms with Crippen LogP contribution < -0.4 is 5.32 Å². The third-order valence-corrected chi connectivity index (χ3v) is 4.21. The van der Waals surface area contributed by atoms with Crippen LogP contribution in [0.2, 0.25) is 0 Å². The zero-order chi connectivity index (χ0) is 10.5. The van der Waals surface area contributed by atoms with Crippen LogP contribution in [0.1, 0.15) is 0 Å². The van der Waals surface area contributed by atoms with Crippen LogP contribution in [0.3, 0.4) is 0 Å². The van der Waals surface area contributed by atoms with E-state index in [0.717, 1.165) is 30.4 Å². The summed E-state index contributed by atoms with van der Waals surface area (Å²) in [5.41, 5.74) is 1.79. The van der Waals surface area contributed by atoms with E-state index < -0.39 is 0 Å². The molecule has 15 heavy (non-hydrogen) atoms. The Labute approximate surface area is 97.1 Å². The van der Waals surface area contributed by atoms with Gasteiger partial charge in [-0.1, -0.05) is 0 Å². The molecule has 1 saturated heterocycles. The summed E-state index contributed by atoms with van der Waals surface area (Å²) >= 11 is 3.15. The van der Waals surface area contributed by atoms with Crippen LogP contribution in [0.5, 0.6) is 0 Å². The van der Waals surface area contributed by atoms with Crippen LogP contribution in [0.15, 0.2) is 15.9 Å². The maximum atomic E-state index is 11.8. The third-order valence-electron chi connectivity index (χ3n) is 2.22. The molecule has 1 aromatic rings. The maximum absolute atomic E-state index is 11.8. The normalized spacial score (nSPS) is 16.7. The molecule has 0 aliphatic carbocycles. The first-order valence-corrected chi connectivity index (χ1v) is 6.72. The number of thioether (sulfide) groups is 1. The average Bonchev–Trinajstić information content (AvgIpc) is 2.80. The smallest absolute Gasteiger partial charge is 0.233 e. The summed E-state index contributed by atoms with van der Waals surface area (Å²) in [6.07, 6.45) is 1.81. The van der Waals surface area contributed by atoms with Crippen LogP contribution >= 0.6 is 23.1 Å². The van der Waals surface area contributed by atoms with Gasteiger partial charge in [0.05, 0.1) is 21.7 Å². The Morgan fingerprint density at radius 3 is 3.07 bits per heavy atom. The third kappa shape index (κ3) is 3.19. The van der Waals surface area contributed by atoms with Gasteiger partial charge in [0, 0.05) is 26.2 Å². The molecular weight excluding hydrogens is 230 g/mol. The number of hydrogen-bond acceptors (Lipinski definition) is 5. The highest BCUT2D eigenvalue weighted by Crippen LogP contribution is 2.21. The van der Waals surface area contributed by atoms with Crippen LogP contribution in [0.4, 0.5) is 0 Å². The Bertz CT molecular complexity index is 309. The molecule has 1 N–H and O–H groups in total. The van der Waals surface area contributed by atoms with E-state index in [4.69, 9.17) is 0 Å². The maximum Gasteiger partial charge on any atom is 0.233 e. The van der Waals surface area contributed by atoms with Crippen molar-refractivity contribution >= 4 is 29.0 Å². The van der Waals surface area contributed by atoms with Gasteiger partial charge in [0.15, 0.2) is 0 Å². The van der Waals surface area contributed by atoms with Crippen molar-refractivity contribution in [2.24, 2.45) is 0 Å². The van der Waals surface area contributed by atoms with Gasteiger partial charge in [-0.25, -0.2) is 0 Å². The first-order chi connectivity index (χ1) is 7.36. The fraction of sp³-hybridized carbons (Fsp3) is 0.556. The molecule has 1 amide bonds. The highest BCUT2D eigenvalue weighted by atomic mass is 32.2. The molecule has 4 nitrogen and oxygen atoms in total. The van der Waals surface area contributed by atoms with Gasteiger partial charge >= 0.3 is 0 Å². The largest absolute Gasteiger partial charge is 0.339 e. The summed E-state index contributed by atoms with van der Waals surface area (Å²) in [6, 6.07) is 0. The van der Waals surface area contributed by atoms with Crippen molar-refractivity contribution in [3.63, 3.8) is 0 Å². The van der Waals surface area contributed by atoms with Crippen LogP contribution in [-0.2, 0) is 4.79 Å². The minimum absolute atomic E-state index is 0.231.